The molecule has 0 radical (unpaired) electrons. The molecule has 1 atom stereocenters. The zero-order chi connectivity index (χ0) is 25.3. The minimum absolute atomic E-state index is 0.0523. The minimum atomic E-state index is -0.869. The average Bonchev–Trinajstić information content (AvgIpc) is 3.20. The standard InChI is InChI=1S/C25H20N2O8/c1-12-18(19-22(30)20-16(5-4-10-26-20)21(29)23(19)34-12)25(32)35-15-8-6-14(7-9-15)11-17(24(31)33-3)27-13(2)28/h4-10,17H,11H2,1-3H3,(H,27,28). The summed E-state index contributed by atoms with van der Waals surface area (Å²) in [7, 11) is 1.23. The van der Waals surface area contributed by atoms with Crippen molar-refractivity contribution >= 4 is 29.4 Å². The first-order valence-electron chi connectivity index (χ1n) is 10.5. The fourth-order valence-corrected chi connectivity index (χ4v) is 3.85. The molecule has 1 aliphatic rings. The van der Waals surface area contributed by atoms with Gasteiger partial charge in [0, 0.05) is 19.5 Å². The fraction of sp³-hybridized carbons (Fsp3) is 0.200. The number of nitrogens with zero attached hydrogens (tertiary/aromatic N) is 1. The Labute approximate surface area is 199 Å². The second-order valence-electron chi connectivity index (χ2n) is 7.81. The van der Waals surface area contributed by atoms with Gasteiger partial charge < -0.3 is 19.2 Å². The molecule has 2 heterocycles. The lowest BCUT2D eigenvalue weighted by Crippen LogP contribution is -2.41. The van der Waals surface area contributed by atoms with Crippen LogP contribution in [0.25, 0.3) is 0 Å². The molecule has 0 spiro atoms. The molecule has 0 bridgehead atoms. The van der Waals surface area contributed by atoms with Crippen LogP contribution in [0.1, 0.15) is 60.8 Å². The minimum Gasteiger partial charge on any atom is -0.467 e. The molecule has 1 amide bonds. The van der Waals surface area contributed by atoms with E-state index < -0.39 is 29.5 Å². The Morgan fingerprint density at radius 1 is 1.09 bits per heavy atom. The highest BCUT2D eigenvalue weighted by molar-refractivity contribution is 6.29. The number of carbonyl (C=O) groups excluding carboxylic acids is 5. The topological polar surface area (TPSA) is 142 Å². The molecule has 1 aliphatic carbocycles. The van der Waals surface area contributed by atoms with Crippen LogP contribution >= 0.6 is 0 Å². The van der Waals surface area contributed by atoms with Gasteiger partial charge in [-0.15, -0.1) is 0 Å². The number of furan rings is 1. The van der Waals surface area contributed by atoms with Crippen molar-refractivity contribution in [2.75, 3.05) is 7.11 Å². The molecule has 4 rings (SSSR count). The van der Waals surface area contributed by atoms with Gasteiger partial charge in [0.25, 0.3) is 0 Å². The van der Waals surface area contributed by atoms with Crippen LogP contribution in [-0.2, 0) is 20.7 Å². The first-order valence-corrected chi connectivity index (χ1v) is 10.5. The predicted octanol–water partition coefficient (Wildman–Crippen LogP) is 2.20. The van der Waals surface area contributed by atoms with Crippen molar-refractivity contribution < 1.29 is 37.9 Å². The van der Waals surface area contributed by atoms with Crippen molar-refractivity contribution in [2.45, 2.75) is 26.3 Å². The third-order valence-corrected chi connectivity index (χ3v) is 5.43. The van der Waals surface area contributed by atoms with Crippen molar-refractivity contribution in [1.82, 2.24) is 10.3 Å². The molecular weight excluding hydrogens is 456 g/mol. The van der Waals surface area contributed by atoms with Gasteiger partial charge in [0.05, 0.1) is 18.2 Å². The van der Waals surface area contributed by atoms with Crippen molar-refractivity contribution in [3.05, 3.63) is 82.1 Å². The van der Waals surface area contributed by atoms with Crippen LogP contribution in [0.2, 0.25) is 0 Å². The van der Waals surface area contributed by atoms with Gasteiger partial charge in [-0.3, -0.25) is 19.4 Å². The highest BCUT2D eigenvalue weighted by Gasteiger charge is 2.40. The highest BCUT2D eigenvalue weighted by atomic mass is 16.5. The van der Waals surface area contributed by atoms with Gasteiger partial charge in [-0.2, -0.15) is 0 Å². The molecule has 0 saturated heterocycles. The third-order valence-electron chi connectivity index (χ3n) is 5.43. The number of fused-ring (bicyclic) bond motifs is 2. The van der Waals surface area contributed by atoms with Crippen molar-refractivity contribution in [3.8, 4) is 5.75 Å². The predicted molar refractivity (Wildman–Crippen MR) is 119 cm³/mol. The van der Waals surface area contributed by atoms with Crippen LogP contribution in [0.5, 0.6) is 5.75 Å². The van der Waals surface area contributed by atoms with E-state index in [2.05, 4.69) is 10.3 Å². The molecule has 178 valence electrons. The van der Waals surface area contributed by atoms with Crippen LogP contribution in [0.15, 0.2) is 47.0 Å². The molecule has 0 aliphatic heterocycles. The Morgan fingerprint density at radius 2 is 1.80 bits per heavy atom. The Bertz CT molecular complexity index is 1370. The van der Waals surface area contributed by atoms with Gasteiger partial charge in [-0.1, -0.05) is 12.1 Å². The van der Waals surface area contributed by atoms with Crippen LogP contribution in [0.3, 0.4) is 0 Å². The molecule has 35 heavy (non-hydrogen) atoms. The van der Waals surface area contributed by atoms with E-state index in [1.54, 1.807) is 12.1 Å². The molecule has 1 N–H and O–H groups in total. The number of esters is 2. The summed E-state index contributed by atoms with van der Waals surface area (Å²) >= 11 is 0. The molecule has 1 aromatic carbocycles. The quantitative estimate of drug-likeness (QED) is 0.327. The van der Waals surface area contributed by atoms with E-state index in [-0.39, 0.29) is 52.0 Å². The van der Waals surface area contributed by atoms with Gasteiger partial charge in [0.2, 0.25) is 17.5 Å². The molecule has 10 heteroatoms. The van der Waals surface area contributed by atoms with Crippen molar-refractivity contribution in [3.63, 3.8) is 0 Å². The summed E-state index contributed by atoms with van der Waals surface area (Å²) in [4.78, 5) is 66.0. The number of hydrogen-bond acceptors (Lipinski definition) is 9. The number of amides is 1. The van der Waals surface area contributed by atoms with E-state index >= 15 is 0 Å². The zero-order valence-electron chi connectivity index (χ0n) is 19.0. The average molecular weight is 476 g/mol. The monoisotopic (exact) mass is 476 g/mol. The second kappa shape index (κ2) is 9.34. The van der Waals surface area contributed by atoms with Crippen molar-refractivity contribution in [1.29, 1.82) is 0 Å². The van der Waals surface area contributed by atoms with Gasteiger partial charge >= 0.3 is 11.9 Å². The Hall–Kier alpha value is -4.60. The number of nitrogens with one attached hydrogen (secondary N) is 1. The summed E-state index contributed by atoms with van der Waals surface area (Å²) < 4.78 is 15.6. The molecular formula is C25H20N2O8. The molecule has 3 aromatic rings. The largest absolute Gasteiger partial charge is 0.467 e. The van der Waals surface area contributed by atoms with E-state index in [1.165, 1.54) is 51.4 Å². The normalized spacial score (nSPS) is 12.9. The van der Waals surface area contributed by atoms with Gasteiger partial charge in [-0.25, -0.2) is 9.59 Å². The third kappa shape index (κ3) is 4.45. The maximum absolute atomic E-state index is 13.0. The van der Waals surface area contributed by atoms with E-state index in [0.29, 0.717) is 5.56 Å². The van der Waals surface area contributed by atoms with Crippen LogP contribution in [0, 0.1) is 6.92 Å². The van der Waals surface area contributed by atoms with Gasteiger partial charge in [-0.05, 0) is 36.8 Å². The summed E-state index contributed by atoms with van der Waals surface area (Å²) in [6.07, 6.45) is 1.55. The number of benzene rings is 1. The number of ether oxygens (including phenoxy) is 2. The van der Waals surface area contributed by atoms with Gasteiger partial charge in [0.1, 0.15) is 28.8 Å². The lowest BCUT2D eigenvalue weighted by molar-refractivity contribution is -0.144. The van der Waals surface area contributed by atoms with E-state index in [1.807, 2.05) is 0 Å². The number of aryl methyl sites for hydroxylation is 1. The Kier molecular flexibility index (Phi) is 6.28. The first-order chi connectivity index (χ1) is 16.7. The molecule has 1 unspecified atom stereocenters. The Balaban J connectivity index is 1.55. The molecule has 10 nitrogen and oxygen atoms in total. The number of methoxy groups -OCH3 is 1. The van der Waals surface area contributed by atoms with E-state index in [4.69, 9.17) is 13.9 Å². The lowest BCUT2D eigenvalue weighted by atomic mass is 9.90. The number of aromatic nitrogens is 1. The summed E-state index contributed by atoms with van der Waals surface area (Å²) in [5.41, 5.74) is 0.420. The Morgan fingerprint density at radius 3 is 2.46 bits per heavy atom. The zero-order valence-corrected chi connectivity index (χ0v) is 19.0. The van der Waals surface area contributed by atoms with Crippen LogP contribution in [-0.4, -0.2) is 47.5 Å². The molecule has 2 aromatic heterocycles. The van der Waals surface area contributed by atoms with Crippen LogP contribution in [0.4, 0.5) is 0 Å². The van der Waals surface area contributed by atoms with E-state index in [9.17, 15) is 24.0 Å². The maximum Gasteiger partial charge on any atom is 0.347 e. The molecule has 0 fully saturated rings. The molecule has 0 saturated carbocycles. The lowest BCUT2D eigenvalue weighted by Gasteiger charge is -2.15. The van der Waals surface area contributed by atoms with E-state index in [0.717, 1.165) is 0 Å². The summed E-state index contributed by atoms with van der Waals surface area (Å²) in [5.74, 6) is -2.96. The number of pyridine rings is 1. The first kappa shape index (κ1) is 23.6. The second-order valence-corrected chi connectivity index (χ2v) is 7.81. The summed E-state index contributed by atoms with van der Waals surface area (Å²) in [6, 6.07) is 8.38. The number of carbonyl (C=O) groups is 5. The number of hydrogen-bond donors (Lipinski definition) is 1. The number of ketones is 2. The fourth-order valence-electron chi connectivity index (χ4n) is 3.85. The van der Waals surface area contributed by atoms with Crippen LogP contribution < -0.4 is 10.1 Å². The smallest absolute Gasteiger partial charge is 0.347 e. The van der Waals surface area contributed by atoms with Gasteiger partial charge in [0.15, 0.2) is 5.76 Å². The summed E-state index contributed by atoms with van der Waals surface area (Å²) in [6.45, 7) is 2.76. The number of rotatable bonds is 6. The maximum atomic E-state index is 13.0. The highest BCUT2D eigenvalue weighted by Crippen LogP contribution is 2.33. The summed E-state index contributed by atoms with van der Waals surface area (Å²) in [5, 5.41) is 2.52. The van der Waals surface area contributed by atoms with Crippen molar-refractivity contribution in [2.24, 2.45) is 0 Å². The SMILES string of the molecule is COC(=O)C(Cc1ccc(OC(=O)c2c(C)oc3c2C(=O)c2ncccc2C3=O)cc1)NC(C)=O.